The second-order valence-electron chi connectivity index (χ2n) is 6.00. The minimum Gasteiger partial charge on any atom is -0.388 e. The van der Waals surface area contributed by atoms with Crippen molar-refractivity contribution in [3.8, 4) is 0 Å². The molecule has 3 nitrogen and oxygen atoms in total. The highest BCUT2D eigenvalue weighted by Gasteiger charge is 2.25. The van der Waals surface area contributed by atoms with Crippen molar-refractivity contribution in [2.75, 3.05) is 37.8 Å². The number of aliphatic hydroxyl groups is 1. The first-order valence-electron chi connectivity index (χ1n) is 7.78. The van der Waals surface area contributed by atoms with Gasteiger partial charge in [0.05, 0.1) is 19.3 Å². The Bertz CT molecular complexity index is 384. The molecule has 0 radical (unpaired) electrons. The third kappa shape index (κ3) is 5.91. The zero-order valence-electron chi connectivity index (χ0n) is 13.0. The molecule has 5 heteroatoms. The maximum atomic E-state index is 10.3. The molecule has 2 atom stereocenters. The van der Waals surface area contributed by atoms with Crippen molar-refractivity contribution < 1.29 is 9.84 Å². The van der Waals surface area contributed by atoms with E-state index in [0.717, 1.165) is 43.5 Å². The average molecular weight is 330 g/mol. The zero-order chi connectivity index (χ0) is 15.1. The fourth-order valence-electron chi connectivity index (χ4n) is 2.56. The van der Waals surface area contributed by atoms with Crippen molar-refractivity contribution in [3.63, 3.8) is 0 Å². The van der Waals surface area contributed by atoms with Gasteiger partial charge in [-0.15, -0.1) is 11.3 Å². The molecule has 2 heterocycles. The minimum atomic E-state index is -0.359. The molecule has 0 bridgehead atoms. The van der Waals surface area contributed by atoms with Gasteiger partial charge in [-0.2, -0.15) is 11.8 Å². The topological polar surface area (TPSA) is 32.7 Å². The minimum absolute atomic E-state index is 0.343. The van der Waals surface area contributed by atoms with Crippen LogP contribution in [0.1, 0.15) is 31.2 Å². The third-order valence-corrected chi connectivity index (χ3v) is 6.04. The summed E-state index contributed by atoms with van der Waals surface area (Å²) in [5.41, 5.74) is 0. The predicted octanol–water partition coefficient (Wildman–Crippen LogP) is 3.26. The summed E-state index contributed by atoms with van der Waals surface area (Å²) in [5, 5.41) is 12.4. The van der Waals surface area contributed by atoms with Crippen LogP contribution in [0.3, 0.4) is 0 Å². The number of thioether (sulfide) groups is 1. The quantitative estimate of drug-likeness (QED) is 0.742. The van der Waals surface area contributed by atoms with E-state index in [9.17, 15) is 5.11 Å². The number of thiophene rings is 1. The Hall–Kier alpha value is -0.0700. The monoisotopic (exact) mass is 329 g/mol. The summed E-state index contributed by atoms with van der Waals surface area (Å²) in [4.78, 5) is 3.56. The molecule has 1 N–H and O–H groups in total. The lowest BCUT2D eigenvalue weighted by atomic mass is 10.1. The SMILES string of the molecule is CC(C)CSCCN1CCOCC1CC(O)c1cccs1. The zero-order valence-corrected chi connectivity index (χ0v) is 14.7. The third-order valence-electron chi connectivity index (χ3n) is 3.69. The first kappa shape index (κ1) is 17.3. The number of ether oxygens (including phenoxy) is 1. The van der Waals surface area contributed by atoms with Gasteiger partial charge >= 0.3 is 0 Å². The van der Waals surface area contributed by atoms with Gasteiger partial charge in [0.2, 0.25) is 0 Å². The van der Waals surface area contributed by atoms with Crippen LogP contribution in [0.15, 0.2) is 17.5 Å². The number of hydrogen-bond donors (Lipinski definition) is 1. The van der Waals surface area contributed by atoms with Crippen LogP contribution < -0.4 is 0 Å². The molecule has 1 aromatic heterocycles. The van der Waals surface area contributed by atoms with E-state index in [2.05, 4.69) is 18.7 Å². The Morgan fingerprint density at radius 3 is 3.10 bits per heavy atom. The molecule has 1 aliphatic rings. The molecule has 1 aliphatic heterocycles. The van der Waals surface area contributed by atoms with Gasteiger partial charge in [-0.25, -0.2) is 0 Å². The van der Waals surface area contributed by atoms with Gasteiger partial charge in [0.1, 0.15) is 0 Å². The van der Waals surface area contributed by atoms with Crippen molar-refractivity contribution in [3.05, 3.63) is 22.4 Å². The maximum absolute atomic E-state index is 10.3. The van der Waals surface area contributed by atoms with Crippen LogP contribution in [-0.2, 0) is 4.74 Å². The van der Waals surface area contributed by atoms with Crippen molar-refractivity contribution in [2.45, 2.75) is 32.4 Å². The maximum Gasteiger partial charge on any atom is 0.0897 e. The van der Waals surface area contributed by atoms with Gasteiger partial charge < -0.3 is 9.84 Å². The van der Waals surface area contributed by atoms with E-state index in [0.29, 0.717) is 6.04 Å². The van der Waals surface area contributed by atoms with Crippen LogP contribution >= 0.6 is 23.1 Å². The molecular formula is C16H27NO2S2. The summed E-state index contributed by atoms with van der Waals surface area (Å²) >= 11 is 3.66. The lowest BCUT2D eigenvalue weighted by Gasteiger charge is -2.36. The molecule has 1 aromatic rings. The van der Waals surface area contributed by atoms with Crippen LogP contribution in [0.25, 0.3) is 0 Å². The molecule has 0 spiro atoms. The van der Waals surface area contributed by atoms with Crippen molar-refractivity contribution in [2.24, 2.45) is 5.92 Å². The van der Waals surface area contributed by atoms with Gasteiger partial charge in [-0.3, -0.25) is 4.90 Å². The molecule has 0 amide bonds. The van der Waals surface area contributed by atoms with Gasteiger partial charge in [0.15, 0.2) is 0 Å². The first-order chi connectivity index (χ1) is 10.2. The van der Waals surface area contributed by atoms with Gasteiger partial charge in [0, 0.05) is 29.8 Å². The van der Waals surface area contributed by atoms with E-state index in [-0.39, 0.29) is 6.10 Å². The van der Waals surface area contributed by atoms with E-state index < -0.39 is 0 Å². The molecule has 1 fully saturated rings. The highest BCUT2D eigenvalue weighted by Crippen LogP contribution is 2.26. The fourth-order valence-corrected chi connectivity index (χ4v) is 4.28. The van der Waals surface area contributed by atoms with Crippen molar-refractivity contribution in [1.29, 1.82) is 0 Å². The number of morpholine rings is 1. The molecule has 120 valence electrons. The highest BCUT2D eigenvalue weighted by atomic mass is 32.2. The van der Waals surface area contributed by atoms with Gasteiger partial charge in [0.25, 0.3) is 0 Å². The molecule has 0 saturated carbocycles. The lowest BCUT2D eigenvalue weighted by molar-refractivity contribution is -0.0228. The molecule has 2 unspecified atom stereocenters. The Morgan fingerprint density at radius 2 is 2.38 bits per heavy atom. The normalized spacial score (nSPS) is 21.8. The number of rotatable bonds is 8. The second-order valence-corrected chi connectivity index (χ2v) is 8.13. The number of aliphatic hydroxyl groups excluding tert-OH is 1. The van der Waals surface area contributed by atoms with E-state index in [1.165, 1.54) is 11.5 Å². The van der Waals surface area contributed by atoms with E-state index in [1.54, 1.807) is 11.3 Å². The predicted molar refractivity (Wildman–Crippen MR) is 92.2 cm³/mol. The van der Waals surface area contributed by atoms with E-state index in [1.807, 2.05) is 29.3 Å². The highest BCUT2D eigenvalue weighted by molar-refractivity contribution is 7.99. The Labute approximate surface area is 136 Å². The molecule has 2 rings (SSSR count). The molecule has 0 aliphatic carbocycles. The summed E-state index contributed by atoms with van der Waals surface area (Å²) in [7, 11) is 0. The second kappa shape index (κ2) is 9.16. The van der Waals surface area contributed by atoms with Crippen molar-refractivity contribution in [1.82, 2.24) is 4.90 Å². The van der Waals surface area contributed by atoms with Gasteiger partial charge in [-0.05, 0) is 29.5 Å². The van der Waals surface area contributed by atoms with Crippen molar-refractivity contribution >= 4 is 23.1 Å². The van der Waals surface area contributed by atoms with Crippen LogP contribution in [0.2, 0.25) is 0 Å². The van der Waals surface area contributed by atoms with Crippen LogP contribution in [-0.4, -0.2) is 53.9 Å². The van der Waals surface area contributed by atoms with Crippen LogP contribution in [0.4, 0.5) is 0 Å². The molecule has 0 aromatic carbocycles. The van der Waals surface area contributed by atoms with Crippen LogP contribution in [0, 0.1) is 5.92 Å². The first-order valence-corrected chi connectivity index (χ1v) is 9.81. The number of hydrogen-bond acceptors (Lipinski definition) is 5. The summed E-state index contributed by atoms with van der Waals surface area (Å²) in [5.74, 6) is 3.16. The Kier molecular flexibility index (Phi) is 7.54. The average Bonchev–Trinajstić information content (AvgIpc) is 2.99. The van der Waals surface area contributed by atoms with Crippen LogP contribution in [0.5, 0.6) is 0 Å². The molecule has 21 heavy (non-hydrogen) atoms. The smallest absolute Gasteiger partial charge is 0.0897 e. The summed E-state index contributed by atoms with van der Waals surface area (Å²) in [6.45, 7) is 8.19. The summed E-state index contributed by atoms with van der Waals surface area (Å²) in [6.07, 6.45) is 0.414. The summed E-state index contributed by atoms with van der Waals surface area (Å²) in [6, 6.07) is 4.36. The largest absolute Gasteiger partial charge is 0.388 e. The standard InChI is InChI=1S/C16H27NO2S2/c1-13(2)12-20-9-6-17-5-7-19-11-14(17)10-15(18)16-4-3-8-21-16/h3-4,8,13-15,18H,5-7,9-12H2,1-2H3. The Balaban J connectivity index is 1.78. The molecular weight excluding hydrogens is 302 g/mol. The molecule has 1 saturated heterocycles. The number of nitrogens with zero attached hydrogens (tertiary/aromatic N) is 1. The van der Waals surface area contributed by atoms with E-state index >= 15 is 0 Å². The lowest BCUT2D eigenvalue weighted by Crippen LogP contribution is -2.47. The Morgan fingerprint density at radius 1 is 1.52 bits per heavy atom. The van der Waals surface area contributed by atoms with Gasteiger partial charge in [-0.1, -0.05) is 19.9 Å². The van der Waals surface area contributed by atoms with E-state index in [4.69, 9.17) is 4.74 Å². The fraction of sp³-hybridized carbons (Fsp3) is 0.750. The summed E-state index contributed by atoms with van der Waals surface area (Å²) < 4.78 is 5.62.